The molecule has 1 N–H and O–H groups in total. The minimum atomic E-state index is 0.198. The molecule has 0 radical (unpaired) electrons. The van der Waals surface area contributed by atoms with E-state index in [0.717, 1.165) is 6.29 Å². The maximum absolute atomic E-state index is 10.4. The van der Waals surface area contributed by atoms with Crippen LogP contribution in [0, 0.1) is 0 Å². The molecule has 3 heteroatoms. The van der Waals surface area contributed by atoms with Crippen molar-refractivity contribution in [2.75, 3.05) is 0 Å². The minimum absolute atomic E-state index is 0.198. The average molecular weight is 274 g/mol. The van der Waals surface area contributed by atoms with Gasteiger partial charge in [0.05, 0.1) is 0 Å². The monoisotopic (exact) mass is 274 g/mol. The highest BCUT2D eigenvalue weighted by atomic mass is 16.5. The van der Waals surface area contributed by atoms with E-state index in [2.05, 4.69) is 0 Å². The largest absolute Gasteiger partial charge is 0.508 e. The number of benzene rings is 2. The molecule has 0 aromatic heterocycles. The minimum Gasteiger partial charge on any atom is -0.508 e. The Morgan fingerprint density at radius 1 is 0.800 bits per heavy atom. The summed E-state index contributed by atoms with van der Waals surface area (Å²) < 4.78 is 5.51. The van der Waals surface area contributed by atoms with E-state index in [1.54, 1.807) is 48.5 Å². The van der Waals surface area contributed by atoms with Crippen LogP contribution in [0.15, 0.2) is 48.5 Å². The lowest BCUT2D eigenvalue weighted by Crippen LogP contribution is -1.84. The molecule has 0 aliphatic carbocycles. The highest BCUT2D eigenvalue weighted by Crippen LogP contribution is 2.23. The number of phenols is 1. The molecule has 0 fully saturated rings. The maximum Gasteiger partial charge on any atom is 0.150 e. The number of rotatable bonds is 3. The van der Waals surface area contributed by atoms with Crippen LogP contribution in [0.1, 0.15) is 38.1 Å². The fraction of sp³-hybridized carbons (Fsp3) is 0.235. The summed E-state index contributed by atoms with van der Waals surface area (Å²) >= 11 is 0. The zero-order valence-corrected chi connectivity index (χ0v) is 12.5. The van der Waals surface area contributed by atoms with Crippen LogP contribution in [0.3, 0.4) is 0 Å². The summed E-state index contributed by atoms with van der Waals surface area (Å²) in [5.74, 6) is 1.48. The van der Waals surface area contributed by atoms with E-state index in [1.165, 1.54) is 0 Å². The van der Waals surface area contributed by atoms with Gasteiger partial charge in [0.15, 0.2) is 0 Å². The first kappa shape index (κ1) is 17.7. The average Bonchev–Trinajstić information content (AvgIpc) is 2.54. The highest BCUT2D eigenvalue weighted by molar-refractivity contribution is 5.74. The van der Waals surface area contributed by atoms with Gasteiger partial charge < -0.3 is 9.84 Å². The molecule has 0 heterocycles. The van der Waals surface area contributed by atoms with Gasteiger partial charge in [-0.15, -0.1) is 0 Å². The Hall–Kier alpha value is -2.29. The number of carbonyl (C=O) groups is 1. The van der Waals surface area contributed by atoms with E-state index in [0.29, 0.717) is 17.1 Å². The zero-order valence-electron chi connectivity index (χ0n) is 12.5. The number of aldehydes is 1. The molecule has 2 aromatic rings. The third-order valence-electron chi connectivity index (χ3n) is 2.09. The van der Waals surface area contributed by atoms with Crippen molar-refractivity contribution in [3.8, 4) is 17.2 Å². The molecule has 0 aliphatic rings. The molecular weight excluding hydrogens is 252 g/mol. The molecule has 20 heavy (non-hydrogen) atoms. The van der Waals surface area contributed by atoms with Crippen LogP contribution in [-0.4, -0.2) is 11.4 Å². The van der Waals surface area contributed by atoms with E-state index in [4.69, 9.17) is 9.84 Å². The van der Waals surface area contributed by atoms with Crippen molar-refractivity contribution in [2.24, 2.45) is 0 Å². The van der Waals surface area contributed by atoms with E-state index in [1.807, 2.05) is 27.7 Å². The number of ether oxygens (including phenoxy) is 1. The van der Waals surface area contributed by atoms with Gasteiger partial charge in [0.2, 0.25) is 0 Å². The van der Waals surface area contributed by atoms with Gasteiger partial charge in [0.25, 0.3) is 0 Å². The van der Waals surface area contributed by atoms with Crippen LogP contribution < -0.4 is 4.74 Å². The van der Waals surface area contributed by atoms with E-state index >= 15 is 0 Å². The predicted octanol–water partition coefficient (Wildman–Crippen LogP) is 5.05. The first-order chi connectivity index (χ1) is 9.78. The van der Waals surface area contributed by atoms with Crippen molar-refractivity contribution in [2.45, 2.75) is 27.7 Å². The summed E-state index contributed by atoms with van der Waals surface area (Å²) in [6.45, 7) is 8.00. The summed E-state index contributed by atoms with van der Waals surface area (Å²) in [6, 6.07) is 13.2. The summed E-state index contributed by atoms with van der Waals surface area (Å²) in [6.07, 6.45) is 0.782. The highest BCUT2D eigenvalue weighted by Gasteiger charge is 1.97. The Labute approximate surface area is 120 Å². The van der Waals surface area contributed by atoms with E-state index < -0.39 is 0 Å². The topological polar surface area (TPSA) is 46.5 Å². The fourth-order valence-corrected chi connectivity index (χ4v) is 1.26. The van der Waals surface area contributed by atoms with Crippen molar-refractivity contribution in [1.82, 2.24) is 0 Å². The molecule has 0 saturated heterocycles. The molecule has 0 bridgehead atoms. The lowest BCUT2D eigenvalue weighted by atomic mass is 10.2. The summed E-state index contributed by atoms with van der Waals surface area (Å²) in [5.41, 5.74) is 0.609. The Morgan fingerprint density at radius 3 is 1.60 bits per heavy atom. The van der Waals surface area contributed by atoms with Gasteiger partial charge in [-0.2, -0.15) is 0 Å². The van der Waals surface area contributed by atoms with Gasteiger partial charge in [-0.05, 0) is 48.5 Å². The molecule has 0 atom stereocenters. The summed E-state index contributed by atoms with van der Waals surface area (Å²) in [5, 5.41) is 9.10. The number of carbonyl (C=O) groups excluding carboxylic acids is 1. The van der Waals surface area contributed by atoms with Gasteiger partial charge in [-0.3, -0.25) is 4.79 Å². The molecule has 0 unspecified atom stereocenters. The van der Waals surface area contributed by atoms with Crippen LogP contribution in [0.4, 0.5) is 0 Å². The Morgan fingerprint density at radius 2 is 1.20 bits per heavy atom. The number of hydrogen-bond donors (Lipinski definition) is 1. The molecule has 2 aromatic carbocycles. The lowest BCUT2D eigenvalue weighted by molar-refractivity contribution is 0.112. The number of hydrogen-bond acceptors (Lipinski definition) is 3. The second-order valence-electron chi connectivity index (χ2n) is 3.28. The molecule has 0 spiro atoms. The molecule has 0 amide bonds. The third-order valence-corrected chi connectivity index (χ3v) is 2.09. The SMILES string of the molecule is CC.CC.O=Cc1ccc(Oc2ccc(O)cc2)cc1. The molecule has 0 aliphatic heterocycles. The van der Waals surface area contributed by atoms with Crippen LogP contribution >= 0.6 is 0 Å². The Balaban J connectivity index is 0.000000829. The normalized spacial score (nSPS) is 8.40. The van der Waals surface area contributed by atoms with Crippen LogP contribution in [0.25, 0.3) is 0 Å². The molecule has 3 nitrogen and oxygen atoms in total. The van der Waals surface area contributed by atoms with Gasteiger partial charge in [0, 0.05) is 5.56 Å². The molecule has 0 saturated carbocycles. The first-order valence-electron chi connectivity index (χ1n) is 6.80. The molecule has 2 rings (SSSR count). The van der Waals surface area contributed by atoms with Crippen molar-refractivity contribution in [3.05, 3.63) is 54.1 Å². The quantitative estimate of drug-likeness (QED) is 0.797. The number of aromatic hydroxyl groups is 1. The maximum atomic E-state index is 10.4. The van der Waals surface area contributed by atoms with E-state index in [-0.39, 0.29) is 5.75 Å². The van der Waals surface area contributed by atoms with Crippen molar-refractivity contribution in [3.63, 3.8) is 0 Å². The van der Waals surface area contributed by atoms with Gasteiger partial charge in [-0.25, -0.2) is 0 Å². The van der Waals surface area contributed by atoms with Crippen molar-refractivity contribution >= 4 is 6.29 Å². The van der Waals surface area contributed by atoms with Gasteiger partial charge in [-0.1, -0.05) is 27.7 Å². The van der Waals surface area contributed by atoms with Crippen molar-refractivity contribution in [1.29, 1.82) is 0 Å². The second kappa shape index (κ2) is 10.6. The summed E-state index contributed by atoms with van der Waals surface area (Å²) in [4.78, 5) is 10.4. The van der Waals surface area contributed by atoms with Crippen LogP contribution in [-0.2, 0) is 0 Å². The number of phenolic OH excluding ortho intramolecular Hbond substituents is 1. The van der Waals surface area contributed by atoms with E-state index in [9.17, 15) is 4.79 Å². The fourth-order valence-electron chi connectivity index (χ4n) is 1.26. The molecular formula is C17H22O3. The standard InChI is InChI=1S/C13H10O3.2C2H6/c14-9-10-1-5-12(6-2-10)16-13-7-3-11(15)4-8-13;2*1-2/h1-9,15H;2*1-2H3. The third kappa shape index (κ3) is 6.05. The zero-order chi connectivity index (χ0) is 15.4. The lowest BCUT2D eigenvalue weighted by Gasteiger charge is -2.05. The second-order valence-corrected chi connectivity index (χ2v) is 3.28. The van der Waals surface area contributed by atoms with Crippen LogP contribution in [0.2, 0.25) is 0 Å². The Bertz CT molecular complexity index is 473. The van der Waals surface area contributed by atoms with Gasteiger partial charge in [0.1, 0.15) is 23.5 Å². The molecule has 108 valence electrons. The van der Waals surface area contributed by atoms with Crippen molar-refractivity contribution < 1.29 is 14.6 Å². The summed E-state index contributed by atoms with van der Waals surface area (Å²) in [7, 11) is 0. The van der Waals surface area contributed by atoms with Crippen LogP contribution in [0.5, 0.6) is 17.2 Å². The Kier molecular flexibility index (Phi) is 9.40. The smallest absolute Gasteiger partial charge is 0.150 e. The predicted molar refractivity (Wildman–Crippen MR) is 82.7 cm³/mol. The van der Waals surface area contributed by atoms with Gasteiger partial charge >= 0.3 is 0 Å². The first-order valence-corrected chi connectivity index (χ1v) is 6.80.